The quantitative estimate of drug-likeness (QED) is 0.517. The summed E-state index contributed by atoms with van der Waals surface area (Å²) in [4.78, 5) is 12.2. The Morgan fingerprint density at radius 2 is 1.95 bits per heavy atom. The van der Waals surface area contributed by atoms with Gasteiger partial charge >= 0.3 is 0 Å². The highest BCUT2D eigenvalue weighted by Gasteiger charge is 2.21. The van der Waals surface area contributed by atoms with Crippen LogP contribution in [-0.4, -0.2) is 25.2 Å². The zero-order chi connectivity index (χ0) is 15.5. The fourth-order valence-electron chi connectivity index (χ4n) is 1.88. The van der Waals surface area contributed by atoms with Gasteiger partial charge in [0.05, 0.1) is 19.2 Å². The van der Waals surface area contributed by atoms with Gasteiger partial charge < -0.3 is 10.1 Å². The van der Waals surface area contributed by atoms with Crippen LogP contribution in [0.25, 0.3) is 0 Å². The van der Waals surface area contributed by atoms with Gasteiger partial charge in [0.15, 0.2) is 0 Å². The summed E-state index contributed by atoms with van der Waals surface area (Å²) in [6.07, 6.45) is 4.84. The average Bonchev–Trinajstić information content (AvgIpc) is 2.39. The number of carbonyl (C=O) groups is 1. The molecule has 0 heterocycles. The van der Waals surface area contributed by atoms with E-state index < -0.39 is 0 Å². The number of amides is 1. The maximum Gasteiger partial charge on any atom is 0.230 e. The average molecular weight is 285 g/mol. The van der Waals surface area contributed by atoms with Crippen molar-refractivity contribution in [1.29, 1.82) is 0 Å². The highest BCUT2D eigenvalue weighted by atomic mass is 19.1. The molecule has 4 heteroatoms. The number of nitrogens with one attached hydrogen (secondary N) is 1. The molecule has 1 N–H and O–H groups in total. The number of carbonyl (C=O) groups excluding carboxylic acids is 1. The van der Waals surface area contributed by atoms with Crippen molar-refractivity contribution >= 4 is 5.91 Å². The first-order valence-corrected chi connectivity index (χ1v) is 7.25. The molecule has 0 aromatic rings. The standard InChI is InChI=1S/C16H28FNO2/c1-6-20-15(12(2)3)14(5)16(19)18-13(4)10-8-7-9-11-17/h7-8,13-14H,6,9-11H2,1-5H3,(H,18,19). The van der Waals surface area contributed by atoms with E-state index in [9.17, 15) is 9.18 Å². The van der Waals surface area contributed by atoms with Crippen LogP contribution in [0, 0.1) is 5.92 Å². The predicted octanol–water partition coefficient (Wildman–Crippen LogP) is 3.76. The highest BCUT2D eigenvalue weighted by molar-refractivity contribution is 5.81. The van der Waals surface area contributed by atoms with Crippen LogP contribution < -0.4 is 5.32 Å². The lowest BCUT2D eigenvalue weighted by Crippen LogP contribution is -2.37. The van der Waals surface area contributed by atoms with Crippen molar-refractivity contribution in [2.24, 2.45) is 5.92 Å². The summed E-state index contributed by atoms with van der Waals surface area (Å²) >= 11 is 0. The molecule has 2 unspecified atom stereocenters. The second-order valence-electron chi connectivity index (χ2n) is 5.11. The fourth-order valence-corrected chi connectivity index (χ4v) is 1.88. The predicted molar refractivity (Wildman–Crippen MR) is 81.1 cm³/mol. The van der Waals surface area contributed by atoms with Crippen LogP contribution in [0.2, 0.25) is 0 Å². The number of halogens is 1. The Labute approximate surface area is 122 Å². The Kier molecular flexibility index (Phi) is 9.77. The molecule has 2 atom stereocenters. The summed E-state index contributed by atoms with van der Waals surface area (Å²) in [5.41, 5.74) is 1.02. The van der Waals surface area contributed by atoms with Crippen LogP contribution >= 0.6 is 0 Å². The van der Waals surface area contributed by atoms with Gasteiger partial charge in [0.1, 0.15) is 5.76 Å². The number of alkyl halides is 1. The molecule has 0 spiro atoms. The van der Waals surface area contributed by atoms with Crippen LogP contribution in [0.4, 0.5) is 4.39 Å². The summed E-state index contributed by atoms with van der Waals surface area (Å²) in [7, 11) is 0. The van der Waals surface area contributed by atoms with Gasteiger partial charge in [-0.05, 0) is 53.0 Å². The third-order valence-corrected chi connectivity index (χ3v) is 2.90. The Morgan fingerprint density at radius 1 is 1.30 bits per heavy atom. The Hall–Kier alpha value is -1.32. The van der Waals surface area contributed by atoms with Crippen LogP contribution in [-0.2, 0) is 9.53 Å². The molecule has 3 nitrogen and oxygen atoms in total. The summed E-state index contributed by atoms with van der Waals surface area (Å²) in [6, 6.07) is 0.0286. The van der Waals surface area contributed by atoms with Crippen molar-refractivity contribution < 1.29 is 13.9 Å². The molecule has 116 valence electrons. The molecule has 0 aliphatic heterocycles. The second-order valence-corrected chi connectivity index (χ2v) is 5.11. The molecule has 0 fully saturated rings. The second kappa shape index (κ2) is 10.5. The van der Waals surface area contributed by atoms with E-state index in [-0.39, 0.29) is 24.5 Å². The lowest BCUT2D eigenvalue weighted by molar-refractivity contribution is -0.125. The Balaban J connectivity index is 4.41. The molecule has 0 aliphatic carbocycles. The van der Waals surface area contributed by atoms with E-state index in [0.29, 0.717) is 19.4 Å². The minimum atomic E-state index is -0.341. The monoisotopic (exact) mass is 285 g/mol. The first-order chi connectivity index (χ1) is 9.43. The maximum absolute atomic E-state index is 12.2. The molecule has 0 aliphatic rings. The summed E-state index contributed by atoms with van der Waals surface area (Å²) in [5, 5.41) is 2.95. The van der Waals surface area contributed by atoms with Crippen LogP contribution in [0.1, 0.15) is 47.5 Å². The van der Waals surface area contributed by atoms with Gasteiger partial charge in [-0.1, -0.05) is 12.2 Å². The van der Waals surface area contributed by atoms with E-state index >= 15 is 0 Å². The minimum absolute atomic E-state index is 0.0286. The minimum Gasteiger partial charge on any atom is -0.497 e. The molecule has 0 radical (unpaired) electrons. The fraction of sp³-hybridized carbons (Fsp3) is 0.688. The summed E-state index contributed by atoms with van der Waals surface area (Å²) in [5.74, 6) is 0.406. The van der Waals surface area contributed by atoms with Crippen molar-refractivity contribution in [2.75, 3.05) is 13.3 Å². The van der Waals surface area contributed by atoms with Gasteiger partial charge in [-0.2, -0.15) is 0 Å². The van der Waals surface area contributed by atoms with E-state index in [2.05, 4.69) is 5.32 Å². The van der Waals surface area contributed by atoms with Gasteiger partial charge in [0.25, 0.3) is 0 Å². The third kappa shape index (κ3) is 7.31. The van der Waals surface area contributed by atoms with E-state index in [0.717, 1.165) is 11.3 Å². The topological polar surface area (TPSA) is 38.3 Å². The number of hydrogen-bond acceptors (Lipinski definition) is 2. The van der Waals surface area contributed by atoms with Gasteiger partial charge in [0, 0.05) is 6.04 Å². The number of hydrogen-bond donors (Lipinski definition) is 1. The van der Waals surface area contributed by atoms with E-state index in [1.807, 2.05) is 40.7 Å². The molecule has 0 aromatic heterocycles. The normalized spacial score (nSPS) is 13.9. The van der Waals surface area contributed by atoms with Crippen LogP contribution in [0.15, 0.2) is 23.5 Å². The first kappa shape index (κ1) is 18.7. The van der Waals surface area contributed by atoms with Crippen molar-refractivity contribution in [2.45, 2.75) is 53.5 Å². The third-order valence-electron chi connectivity index (χ3n) is 2.90. The molecule has 20 heavy (non-hydrogen) atoms. The van der Waals surface area contributed by atoms with E-state index in [1.165, 1.54) is 0 Å². The lowest BCUT2D eigenvalue weighted by Gasteiger charge is -2.20. The lowest BCUT2D eigenvalue weighted by atomic mass is 10.0. The van der Waals surface area contributed by atoms with Crippen molar-refractivity contribution in [3.8, 4) is 0 Å². The number of rotatable bonds is 9. The SMILES string of the molecule is CCOC(=C(C)C)C(C)C(=O)NC(C)CC=CCCF. The van der Waals surface area contributed by atoms with E-state index in [4.69, 9.17) is 4.74 Å². The van der Waals surface area contributed by atoms with Gasteiger partial charge in [0.2, 0.25) is 5.91 Å². The Bertz CT molecular complexity index is 346. The van der Waals surface area contributed by atoms with E-state index in [1.54, 1.807) is 6.08 Å². The van der Waals surface area contributed by atoms with Crippen molar-refractivity contribution in [3.63, 3.8) is 0 Å². The Morgan fingerprint density at radius 3 is 2.45 bits per heavy atom. The van der Waals surface area contributed by atoms with Crippen LogP contribution in [0.3, 0.4) is 0 Å². The van der Waals surface area contributed by atoms with Crippen molar-refractivity contribution in [3.05, 3.63) is 23.5 Å². The molecular weight excluding hydrogens is 257 g/mol. The first-order valence-electron chi connectivity index (χ1n) is 7.25. The zero-order valence-corrected chi connectivity index (χ0v) is 13.3. The smallest absolute Gasteiger partial charge is 0.230 e. The van der Waals surface area contributed by atoms with Crippen LogP contribution in [0.5, 0.6) is 0 Å². The summed E-state index contributed by atoms with van der Waals surface area (Å²) in [6.45, 7) is 9.79. The highest BCUT2D eigenvalue weighted by Crippen LogP contribution is 2.17. The number of allylic oxidation sites excluding steroid dienone is 2. The molecule has 0 saturated carbocycles. The van der Waals surface area contributed by atoms with Gasteiger partial charge in [-0.25, -0.2) is 0 Å². The molecule has 0 bridgehead atoms. The largest absolute Gasteiger partial charge is 0.497 e. The zero-order valence-electron chi connectivity index (χ0n) is 13.3. The molecule has 0 aromatic carbocycles. The summed E-state index contributed by atoms with van der Waals surface area (Å²) < 4.78 is 17.5. The number of ether oxygens (including phenoxy) is 1. The van der Waals surface area contributed by atoms with Gasteiger partial charge in [-0.3, -0.25) is 9.18 Å². The van der Waals surface area contributed by atoms with Crippen molar-refractivity contribution in [1.82, 2.24) is 5.32 Å². The molecular formula is C16H28FNO2. The molecule has 0 saturated heterocycles. The molecule has 1 amide bonds. The molecule has 0 rings (SSSR count). The maximum atomic E-state index is 12.2. The van der Waals surface area contributed by atoms with Gasteiger partial charge in [-0.15, -0.1) is 0 Å².